The summed E-state index contributed by atoms with van der Waals surface area (Å²) in [5.41, 5.74) is 4.67. The third-order valence-electron chi connectivity index (χ3n) is 4.30. The topological polar surface area (TPSA) is 49.3 Å². The van der Waals surface area contributed by atoms with Crippen molar-refractivity contribution in [3.63, 3.8) is 0 Å². The van der Waals surface area contributed by atoms with Crippen molar-refractivity contribution in [1.29, 1.82) is 0 Å². The predicted molar refractivity (Wildman–Crippen MR) is 113 cm³/mol. The number of rotatable bonds is 6. The second kappa shape index (κ2) is 9.18. The van der Waals surface area contributed by atoms with Crippen LogP contribution in [0.25, 0.3) is 11.1 Å². The summed E-state index contributed by atoms with van der Waals surface area (Å²) in [6, 6.07) is 20.9. The van der Waals surface area contributed by atoms with E-state index in [1.807, 2.05) is 66.7 Å². The first-order valence-electron chi connectivity index (χ1n) is 8.59. The van der Waals surface area contributed by atoms with Crippen LogP contribution in [0.2, 0.25) is 5.02 Å². The second-order valence-electron chi connectivity index (χ2n) is 6.17. The Labute approximate surface area is 172 Å². The van der Waals surface area contributed by atoms with Gasteiger partial charge in [0, 0.05) is 21.6 Å². The molecule has 27 heavy (non-hydrogen) atoms. The molecule has 3 rings (SSSR count). The van der Waals surface area contributed by atoms with Crippen LogP contribution in [-0.4, -0.2) is 17.6 Å². The summed E-state index contributed by atoms with van der Waals surface area (Å²) >= 11 is 9.42. The maximum Gasteiger partial charge on any atom is 0.251 e. The van der Waals surface area contributed by atoms with Gasteiger partial charge in [-0.25, -0.2) is 0 Å². The molecule has 0 saturated heterocycles. The minimum Gasteiger partial charge on any atom is -0.392 e. The first-order chi connectivity index (χ1) is 13.1. The number of nitrogens with one attached hydrogen (secondary N) is 1. The molecular formula is C22H19BrClNO2. The van der Waals surface area contributed by atoms with E-state index in [1.165, 1.54) is 0 Å². The second-order valence-corrected chi connectivity index (χ2v) is 7.46. The lowest BCUT2D eigenvalue weighted by Crippen LogP contribution is -2.25. The normalized spacial score (nSPS) is 10.6. The molecule has 0 fully saturated rings. The SMILES string of the molecule is O=C(NCCc1ccc(CO)cc1Br)c1ccc(-c2ccc(Cl)cc2)cc1. The van der Waals surface area contributed by atoms with Crippen molar-refractivity contribution in [2.24, 2.45) is 0 Å². The number of hydrogen-bond donors (Lipinski definition) is 2. The molecule has 0 atom stereocenters. The fourth-order valence-electron chi connectivity index (χ4n) is 2.76. The zero-order valence-electron chi connectivity index (χ0n) is 14.6. The molecule has 0 aliphatic rings. The molecule has 0 saturated carbocycles. The molecule has 2 N–H and O–H groups in total. The molecule has 3 nitrogen and oxygen atoms in total. The van der Waals surface area contributed by atoms with Crippen molar-refractivity contribution >= 4 is 33.4 Å². The fraction of sp³-hybridized carbons (Fsp3) is 0.136. The number of hydrogen-bond acceptors (Lipinski definition) is 2. The van der Waals surface area contributed by atoms with Gasteiger partial charge in [-0.3, -0.25) is 4.79 Å². The van der Waals surface area contributed by atoms with Crippen LogP contribution in [0.3, 0.4) is 0 Å². The molecule has 0 bridgehead atoms. The van der Waals surface area contributed by atoms with E-state index in [0.717, 1.165) is 26.7 Å². The smallest absolute Gasteiger partial charge is 0.251 e. The highest BCUT2D eigenvalue weighted by Gasteiger charge is 2.07. The van der Waals surface area contributed by atoms with E-state index in [0.29, 0.717) is 23.6 Å². The van der Waals surface area contributed by atoms with Crippen molar-refractivity contribution < 1.29 is 9.90 Å². The minimum absolute atomic E-state index is 0.0155. The van der Waals surface area contributed by atoms with Crippen molar-refractivity contribution in [2.75, 3.05) is 6.54 Å². The Bertz CT molecular complexity index is 924. The van der Waals surface area contributed by atoms with E-state index >= 15 is 0 Å². The molecule has 5 heteroatoms. The van der Waals surface area contributed by atoms with Gasteiger partial charge in [0.05, 0.1) is 6.61 Å². The minimum atomic E-state index is -0.0965. The zero-order valence-corrected chi connectivity index (χ0v) is 16.9. The van der Waals surface area contributed by atoms with Crippen LogP contribution in [0, 0.1) is 0 Å². The molecule has 138 valence electrons. The summed E-state index contributed by atoms with van der Waals surface area (Å²) in [7, 11) is 0. The summed E-state index contributed by atoms with van der Waals surface area (Å²) < 4.78 is 0.940. The third kappa shape index (κ3) is 5.19. The molecule has 0 aromatic heterocycles. The van der Waals surface area contributed by atoms with Gasteiger partial charge in [0.25, 0.3) is 5.91 Å². The van der Waals surface area contributed by atoms with Crippen LogP contribution in [0.5, 0.6) is 0 Å². The quantitative estimate of drug-likeness (QED) is 0.546. The zero-order chi connectivity index (χ0) is 19.2. The van der Waals surface area contributed by atoms with Gasteiger partial charge in [0.15, 0.2) is 0 Å². The number of aliphatic hydroxyl groups is 1. The fourth-order valence-corrected chi connectivity index (χ4v) is 3.51. The molecule has 0 aliphatic heterocycles. The predicted octanol–water partition coefficient (Wildman–Crippen LogP) is 5.23. The summed E-state index contributed by atoms with van der Waals surface area (Å²) in [5, 5.41) is 12.8. The van der Waals surface area contributed by atoms with Crippen LogP contribution in [0.4, 0.5) is 0 Å². The summed E-state index contributed by atoms with van der Waals surface area (Å²) in [5.74, 6) is -0.0965. The van der Waals surface area contributed by atoms with Crippen LogP contribution >= 0.6 is 27.5 Å². The van der Waals surface area contributed by atoms with Crippen LogP contribution in [0.1, 0.15) is 21.5 Å². The average Bonchev–Trinajstić information content (AvgIpc) is 2.69. The number of amides is 1. The van der Waals surface area contributed by atoms with Crippen molar-refractivity contribution in [3.8, 4) is 11.1 Å². The van der Waals surface area contributed by atoms with E-state index in [4.69, 9.17) is 16.7 Å². The Morgan fingerprint density at radius 3 is 2.19 bits per heavy atom. The lowest BCUT2D eigenvalue weighted by Gasteiger charge is -2.09. The molecule has 1 amide bonds. The monoisotopic (exact) mass is 443 g/mol. The van der Waals surface area contributed by atoms with E-state index < -0.39 is 0 Å². The van der Waals surface area contributed by atoms with Gasteiger partial charge in [-0.05, 0) is 59.0 Å². The van der Waals surface area contributed by atoms with E-state index in [2.05, 4.69) is 21.2 Å². The molecule has 0 spiro atoms. The summed E-state index contributed by atoms with van der Waals surface area (Å²) in [4.78, 5) is 12.3. The van der Waals surface area contributed by atoms with Gasteiger partial charge in [-0.15, -0.1) is 0 Å². The first kappa shape index (κ1) is 19.6. The standard InChI is InChI=1S/C22H19BrClNO2/c23-21-13-15(14-26)1-2-18(21)11-12-25-22(27)19-5-3-16(4-6-19)17-7-9-20(24)10-8-17/h1-10,13,26H,11-12,14H2,(H,25,27). The van der Waals surface area contributed by atoms with E-state index in [1.54, 1.807) is 0 Å². The van der Waals surface area contributed by atoms with E-state index in [9.17, 15) is 4.79 Å². The average molecular weight is 445 g/mol. The third-order valence-corrected chi connectivity index (χ3v) is 5.29. The number of carbonyl (C=O) groups excluding carboxylic acids is 1. The largest absolute Gasteiger partial charge is 0.392 e. The molecule has 0 aliphatic carbocycles. The Balaban J connectivity index is 1.57. The summed E-state index contributed by atoms with van der Waals surface area (Å²) in [6.07, 6.45) is 0.709. The van der Waals surface area contributed by atoms with Gasteiger partial charge in [-0.1, -0.05) is 63.9 Å². The van der Waals surface area contributed by atoms with Gasteiger partial charge in [0.2, 0.25) is 0 Å². The van der Waals surface area contributed by atoms with Gasteiger partial charge in [0.1, 0.15) is 0 Å². The molecule has 3 aromatic carbocycles. The highest BCUT2D eigenvalue weighted by molar-refractivity contribution is 9.10. The number of carbonyl (C=O) groups is 1. The molecule has 0 heterocycles. The van der Waals surface area contributed by atoms with Gasteiger partial charge in [-0.2, -0.15) is 0 Å². The Kier molecular flexibility index (Phi) is 6.67. The Hall–Kier alpha value is -2.14. The molecule has 0 radical (unpaired) electrons. The lowest BCUT2D eigenvalue weighted by atomic mass is 10.0. The van der Waals surface area contributed by atoms with Crippen molar-refractivity contribution in [2.45, 2.75) is 13.0 Å². The summed E-state index contributed by atoms with van der Waals surface area (Å²) in [6.45, 7) is 0.552. The molecular weight excluding hydrogens is 426 g/mol. The van der Waals surface area contributed by atoms with Crippen molar-refractivity contribution in [1.82, 2.24) is 5.32 Å². The molecule has 0 unspecified atom stereocenters. The number of benzene rings is 3. The maximum atomic E-state index is 12.3. The highest BCUT2D eigenvalue weighted by atomic mass is 79.9. The number of halogens is 2. The lowest BCUT2D eigenvalue weighted by molar-refractivity contribution is 0.0954. The van der Waals surface area contributed by atoms with Crippen LogP contribution in [0.15, 0.2) is 71.2 Å². The first-order valence-corrected chi connectivity index (χ1v) is 9.76. The van der Waals surface area contributed by atoms with E-state index in [-0.39, 0.29) is 12.5 Å². The Morgan fingerprint density at radius 2 is 1.59 bits per heavy atom. The molecule has 3 aromatic rings. The van der Waals surface area contributed by atoms with Gasteiger partial charge < -0.3 is 10.4 Å². The van der Waals surface area contributed by atoms with Crippen LogP contribution < -0.4 is 5.32 Å². The van der Waals surface area contributed by atoms with Gasteiger partial charge >= 0.3 is 0 Å². The Morgan fingerprint density at radius 1 is 0.963 bits per heavy atom. The maximum absolute atomic E-state index is 12.3. The van der Waals surface area contributed by atoms with Crippen molar-refractivity contribution in [3.05, 3.63) is 92.9 Å². The highest BCUT2D eigenvalue weighted by Crippen LogP contribution is 2.22. The van der Waals surface area contributed by atoms with Crippen LogP contribution in [-0.2, 0) is 13.0 Å². The number of aliphatic hydroxyl groups excluding tert-OH is 1.